The van der Waals surface area contributed by atoms with Crippen molar-refractivity contribution in [2.24, 2.45) is 0 Å². The summed E-state index contributed by atoms with van der Waals surface area (Å²) in [7, 11) is 0. The molecule has 3 aromatic carbocycles. The normalized spacial score (nSPS) is 16.7. The number of aromatic nitrogens is 3. The van der Waals surface area contributed by atoms with Crippen LogP contribution in [0.4, 0.5) is 24.5 Å². The quantitative estimate of drug-likeness (QED) is 0.176. The second-order valence-electron chi connectivity index (χ2n) is 12.9. The zero-order valence-electron chi connectivity index (χ0n) is 28.2. The number of carbonyl (C=O) groups excluding carboxylic acids is 3. The number of hydrogen-bond acceptors (Lipinski definition) is 7. The van der Waals surface area contributed by atoms with E-state index in [0.717, 1.165) is 22.8 Å². The van der Waals surface area contributed by atoms with Gasteiger partial charge in [-0.2, -0.15) is 18.3 Å². The molecular formula is C39H34F3N7O3. The number of imidazole rings is 1. The lowest BCUT2D eigenvalue weighted by molar-refractivity contribution is -0.137. The number of anilines is 2. The van der Waals surface area contributed by atoms with Gasteiger partial charge >= 0.3 is 6.18 Å². The molecule has 264 valence electrons. The van der Waals surface area contributed by atoms with Gasteiger partial charge in [0.1, 0.15) is 5.69 Å². The lowest BCUT2D eigenvalue weighted by atomic mass is 9.90. The van der Waals surface area contributed by atoms with Gasteiger partial charge in [-0.15, -0.1) is 0 Å². The first-order valence-corrected chi connectivity index (χ1v) is 16.9. The smallest absolute Gasteiger partial charge is 0.368 e. The van der Waals surface area contributed by atoms with E-state index in [1.54, 1.807) is 46.1 Å². The van der Waals surface area contributed by atoms with Crippen molar-refractivity contribution in [2.75, 3.05) is 36.4 Å². The van der Waals surface area contributed by atoms with Gasteiger partial charge in [0.2, 0.25) is 11.8 Å². The van der Waals surface area contributed by atoms with Crippen molar-refractivity contribution in [3.05, 3.63) is 124 Å². The summed E-state index contributed by atoms with van der Waals surface area (Å²) in [6, 6.07) is 20.1. The van der Waals surface area contributed by atoms with Crippen LogP contribution in [0.2, 0.25) is 0 Å². The van der Waals surface area contributed by atoms with E-state index in [9.17, 15) is 27.6 Å². The number of piperazine rings is 1. The third-order valence-electron chi connectivity index (χ3n) is 9.40. The third-order valence-corrected chi connectivity index (χ3v) is 9.40. The van der Waals surface area contributed by atoms with E-state index in [0.29, 0.717) is 62.5 Å². The van der Waals surface area contributed by atoms with E-state index in [-0.39, 0.29) is 34.7 Å². The molecule has 10 nitrogen and oxygen atoms in total. The van der Waals surface area contributed by atoms with Crippen LogP contribution in [0.3, 0.4) is 0 Å². The molecule has 0 saturated carbocycles. The molecule has 2 aliphatic heterocycles. The molecule has 5 aromatic rings. The van der Waals surface area contributed by atoms with Gasteiger partial charge in [0.15, 0.2) is 5.65 Å². The Morgan fingerprint density at radius 3 is 2.52 bits per heavy atom. The highest BCUT2D eigenvalue weighted by Gasteiger charge is 2.36. The van der Waals surface area contributed by atoms with Crippen LogP contribution < -0.4 is 15.5 Å². The zero-order chi connectivity index (χ0) is 36.4. The van der Waals surface area contributed by atoms with Crippen LogP contribution in [0.25, 0.3) is 5.65 Å². The molecule has 0 bridgehead atoms. The van der Waals surface area contributed by atoms with Gasteiger partial charge in [-0.1, -0.05) is 36.3 Å². The van der Waals surface area contributed by atoms with Crippen LogP contribution in [0.15, 0.2) is 85.2 Å². The highest BCUT2D eigenvalue weighted by atomic mass is 19.4. The van der Waals surface area contributed by atoms with Crippen molar-refractivity contribution in [1.82, 2.24) is 24.8 Å². The molecule has 1 unspecified atom stereocenters. The van der Waals surface area contributed by atoms with Crippen LogP contribution in [-0.2, 0) is 22.3 Å². The molecule has 0 radical (unpaired) electrons. The molecule has 0 spiro atoms. The number of piperidine rings is 1. The van der Waals surface area contributed by atoms with E-state index in [1.165, 1.54) is 12.1 Å². The summed E-state index contributed by atoms with van der Waals surface area (Å²) in [5, 5.41) is 9.27. The van der Waals surface area contributed by atoms with Crippen molar-refractivity contribution in [3.63, 3.8) is 0 Å². The van der Waals surface area contributed by atoms with E-state index >= 15 is 0 Å². The lowest BCUT2D eigenvalue weighted by Crippen LogP contribution is -2.46. The number of benzene rings is 3. The monoisotopic (exact) mass is 705 g/mol. The molecule has 2 N–H and O–H groups in total. The number of rotatable bonds is 6. The number of amides is 3. The molecule has 52 heavy (non-hydrogen) atoms. The maximum atomic E-state index is 14.4. The van der Waals surface area contributed by atoms with Crippen LogP contribution >= 0.6 is 0 Å². The summed E-state index contributed by atoms with van der Waals surface area (Å²) in [6.07, 6.45) is -0.615. The van der Waals surface area contributed by atoms with Gasteiger partial charge < -0.3 is 10.2 Å². The summed E-state index contributed by atoms with van der Waals surface area (Å²) in [6.45, 7) is 4.36. The highest BCUT2D eigenvalue weighted by Crippen LogP contribution is 2.39. The van der Waals surface area contributed by atoms with Gasteiger partial charge in [-0.3, -0.25) is 24.6 Å². The molecule has 2 aromatic heterocycles. The van der Waals surface area contributed by atoms with Crippen molar-refractivity contribution in [2.45, 2.75) is 38.4 Å². The first-order valence-electron chi connectivity index (χ1n) is 16.9. The van der Waals surface area contributed by atoms with Gasteiger partial charge in [0.25, 0.3) is 5.91 Å². The number of halogens is 3. The first-order chi connectivity index (χ1) is 25.0. The summed E-state index contributed by atoms with van der Waals surface area (Å²) in [5.41, 5.74) is 4.05. The fourth-order valence-corrected chi connectivity index (χ4v) is 6.54. The third kappa shape index (κ3) is 7.52. The van der Waals surface area contributed by atoms with E-state index in [4.69, 9.17) is 0 Å². The SMILES string of the molecule is Cc1ccc(C(=O)Nc2ccc(N3CCN(Cc4ccc(C5CCC(=O)NC5=O)cc4)CC3)c(C(F)(F)F)c2)cc1C#Cc1cnc2cccnn12. The zero-order valence-corrected chi connectivity index (χ0v) is 28.2. The second kappa shape index (κ2) is 14.3. The van der Waals surface area contributed by atoms with Gasteiger partial charge in [0.05, 0.1) is 17.7 Å². The maximum absolute atomic E-state index is 14.4. The number of aryl methyl sites for hydroxylation is 1. The molecule has 13 heteroatoms. The number of fused-ring (bicyclic) bond motifs is 1. The molecule has 7 rings (SSSR count). The summed E-state index contributed by atoms with van der Waals surface area (Å²) in [4.78, 5) is 45.1. The summed E-state index contributed by atoms with van der Waals surface area (Å²) in [5.74, 6) is 4.65. The Balaban J connectivity index is 0.997. The number of alkyl halides is 3. The van der Waals surface area contributed by atoms with Crippen molar-refractivity contribution >= 4 is 34.7 Å². The van der Waals surface area contributed by atoms with Crippen LogP contribution in [0.1, 0.15) is 62.6 Å². The van der Waals surface area contributed by atoms with Gasteiger partial charge in [0, 0.05) is 67.8 Å². The number of imide groups is 1. The molecule has 2 fully saturated rings. The number of carbonyl (C=O) groups is 3. The van der Waals surface area contributed by atoms with Crippen molar-refractivity contribution < 1.29 is 27.6 Å². The van der Waals surface area contributed by atoms with Crippen LogP contribution in [-0.4, -0.2) is 63.4 Å². The van der Waals surface area contributed by atoms with Crippen LogP contribution in [0, 0.1) is 18.8 Å². The van der Waals surface area contributed by atoms with E-state index in [2.05, 4.69) is 37.5 Å². The Kier molecular flexibility index (Phi) is 9.49. The average molecular weight is 706 g/mol. The van der Waals surface area contributed by atoms with Crippen LogP contribution in [0.5, 0.6) is 0 Å². The predicted octanol–water partition coefficient (Wildman–Crippen LogP) is 5.55. The number of nitrogens with zero attached hydrogens (tertiary/aromatic N) is 5. The van der Waals surface area contributed by atoms with Crippen molar-refractivity contribution in [3.8, 4) is 11.8 Å². The number of nitrogens with one attached hydrogen (secondary N) is 2. The maximum Gasteiger partial charge on any atom is 0.418 e. The van der Waals surface area contributed by atoms with Gasteiger partial charge in [-0.25, -0.2) is 9.50 Å². The molecule has 1 atom stereocenters. The summed E-state index contributed by atoms with van der Waals surface area (Å²) < 4.78 is 44.8. The molecular weight excluding hydrogens is 671 g/mol. The van der Waals surface area contributed by atoms with E-state index in [1.807, 2.05) is 37.3 Å². The Bertz CT molecular complexity index is 2230. The van der Waals surface area contributed by atoms with Gasteiger partial charge in [-0.05, 0) is 78.4 Å². The Morgan fingerprint density at radius 2 is 1.77 bits per heavy atom. The largest absolute Gasteiger partial charge is 0.418 e. The molecule has 2 saturated heterocycles. The fourth-order valence-electron chi connectivity index (χ4n) is 6.54. The Labute approximate surface area is 297 Å². The summed E-state index contributed by atoms with van der Waals surface area (Å²) >= 11 is 0. The topological polar surface area (TPSA) is 112 Å². The minimum atomic E-state index is -4.64. The molecule has 3 amide bonds. The van der Waals surface area contributed by atoms with E-state index < -0.39 is 17.6 Å². The number of hydrogen-bond donors (Lipinski definition) is 2. The minimum absolute atomic E-state index is 0.0329. The fraction of sp³-hybridized carbons (Fsp3) is 0.256. The first kappa shape index (κ1) is 34.4. The standard InChI is InChI=1S/C39H34F3N7O3/c1-25-4-7-29(21-28(25)10-12-31-23-43-35-3-2-16-44-49(31)35)37(51)45-30-11-14-34(33(22-30)39(40,41)42)48-19-17-47(18-20-48)24-26-5-8-27(9-6-26)32-13-15-36(50)46-38(32)52/h2-9,11,14,16,21-23,32H,13,15,17-20,24H2,1H3,(H,45,51)(H,46,50,52). The average Bonchev–Trinajstić information content (AvgIpc) is 3.55. The molecule has 2 aliphatic rings. The highest BCUT2D eigenvalue weighted by molar-refractivity contribution is 6.04. The molecule has 0 aliphatic carbocycles. The Hall–Kier alpha value is -6.00. The van der Waals surface area contributed by atoms with Crippen molar-refractivity contribution in [1.29, 1.82) is 0 Å². The molecule has 4 heterocycles. The predicted molar refractivity (Wildman–Crippen MR) is 189 cm³/mol. The second-order valence-corrected chi connectivity index (χ2v) is 12.9. The minimum Gasteiger partial charge on any atom is -0.368 e. The lowest BCUT2D eigenvalue weighted by Gasteiger charge is -2.37. The Morgan fingerprint density at radius 1 is 0.981 bits per heavy atom.